The van der Waals surface area contributed by atoms with E-state index in [9.17, 15) is 0 Å². The first-order chi connectivity index (χ1) is 11.4. The van der Waals surface area contributed by atoms with Crippen molar-refractivity contribution in [3.05, 3.63) is 43.2 Å². The molecule has 0 atom stereocenters. The maximum absolute atomic E-state index is 4.81. The zero-order valence-corrected chi connectivity index (χ0v) is 12.4. The van der Waals surface area contributed by atoms with Crippen molar-refractivity contribution in [2.24, 2.45) is 0 Å². The number of rotatable bonds is 3. The fourth-order valence-corrected chi connectivity index (χ4v) is 2.97. The van der Waals surface area contributed by atoms with Gasteiger partial charge in [0.1, 0.15) is 11.5 Å². The van der Waals surface area contributed by atoms with E-state index in [-0.39, 0.29) is 0 Å². The summed E-state index contributed by atoms with van der Waals surface area (Å²) in [5.41, 5.74) is 3.70. The molecule has 4 aromatic heterocycles. The lowest BCUT2D eigenvalue weighted by atomic mass is 9.93. The molecule has 23 heavy (non-hydrogen) atoms. The van der Waals surface area contributed by atoms with E-state index >= 15 is 0 Å². The summed E-state index contributed by atoms with van der Waals surface area (Å²) < 4.78 is 4.03. The van der Waals surface area contributed by atoms with Crippen LogP contribution in [0.3, 0.4) is 0 Å². The Kier molecular flexibility index (Phi) is 2.61. The van der Waals surface area contributed by atoms with Crippen LogP contribution >= 0.6 is 0 Å². The predicted octanol–water partition coefficient (Wildman–Crippen LogP) is 2.71. The fourth-order valence-electron chi connectivity index (χ4n) is 2.97. The average Bonchev–Trinajstić information content (AvgIpc) is 3.25. The van der Waals surface area contributed by atoms with Crippen molar-refractivity contribution in [1.82, 2.24) is 34.3 Å². The van der Waals surface area contributed by atoms with Crippen LogP contribution in [-0.2, 0) is 0 Å². The molecular weight excluding hydrogens is 290 g/mol. The molecular formula is C16H15N7. The molecule has 114 valence electrons. The molecule has 1 aliphatic rings. The largest absolute Gasteiger partial charge is 0.285 e. The molecule has 0 aliphatic heterocycles. The lowest BCUT2D eigenvalue weighted by Crippen LogP contribution is -2.16. The number of fused-ring (bicyclic) bond motifs is 1. The number of imidazole rings is 1. The standard InChI is InChI=1S/C16H15N7/c1-2-13(3-1)23-10-12(9-20-23)14-6-15-17-4-5-22(15)16(21-14)11-7-18-19-8-11/h4-10,13H,1-3H2,(H,18,19). The van der Waals surface area contributed by atoms with E-state index in [1.54, 1.807) is 12.4 Å². The molecule has 0 spiro atoms. The van der Waals surface area contributed by atoms with Crippen molar-refractivity contribution in [1.29, 1.82) is 0 Å². The van der Waals surface area contributed by atoms with Crippen LogP contribution in [-0.4, -0.2) is 34.3 Å². The van der Waals surface area contributed by atoms with Gasteiger partial charge < -0.3 is 0 Å². The maximum atomic E-state index is 4.81. The van der Waals surface area contributed by atoms with Crippen molar-refractivity contribution in [2.45, 2.75) is 25.3 Å². The highest BCUT2D eigenvalue weighted by molar-refractivity contribution is 5.68. The summed E-state index contributed by atoms with van der Waals surface area (Å²) in [6, 6.07) is 2.54. The second-order valence-corrected chi connectivity index (χ2v) is 5.90. The Hall–Kier alpha value is -2.96. The van der Waals surface area contributed by atoms with Crippen LogP contribution in [0.25, 0.3) is 28.3 Å². The van der Waals surface area contributed by atoms with Gasteiger partial charge in [0.2, 0.25) is 0 Å². The average molecular weight is 305 g/mol. The minimum Gasteiger partial charge on any atom is -0.285 e. The quantitative estimate of drug-likeness (QED) is 0.631. The van der Waals surface area contributed by atoms with E-state index in [0.717, 1.165) is 28.3 Å². The van der Waals surface area contributed by atoms with Crippen molar-refractivity contribution >= 4 is 5.65 Å². The minimum atomic E-state index is 0.548. The second-order valence-electron chi connectivity index (χ2n) is 5.90. The molecule has 0 amide bonds. The van der Waals surface area contributed by atoms with Gasteiger partial charge in [0.25, 0.3) is 0 Å². The first kappa shape index (κ1) is 12.6. The molecule has 1 fully saturated rings. The summed E-state index contributed by atoms with van der Waals surface area (Å²) in [5.74, 6) is 0.820. The van der Waals surface area contributed by atoms with Crippen LogP contribution in [0.1, 0.15) is 25.3 Å². The molecule has 0 saturated heterocycles. The van der Waals surface area contributed by atoms with E-state index in [4.69, 9.17) is 4.98 Å². The molecule has 4 heterocycles. The molecule has 7 heteroatoms. The molecule has 5 rings (SSSR count). The van der Waals surface area contributed by atoms with Crippen LogP contribution in [0.2, 0.25) is 0 Å². The van der Waals surface area contributed by atoms with Gasteiger partial charge in [-0.3, -0.25) is 14.2 Å². The highest BCUT2D eigenvalue weighted by Crippen LogP contribution is 2.32. The third-order valence-corrected chi connectivity index (χ3v) is 4.49. The van der Waals surface area contributed by atoms with Gasteiger partial charge in [-0.05, 0) is 19.3 Å². The van der Waals surface area contributed by atoms with Crippen LogP contribution in [0.4, 0.5) is 0 Å². The summed E-state index contributed by atoms with van der Waals surface area (Å²) >= 11 is 0. The van der Waals surface area contributed by atoms with Gasteiger partial charge in [0, 0.05) is 36.4 Å². The summed E-state index contributed by atoms with van der Waals surface area (Å²) in [7, 11) is 0. The Labute approximate surface area is 132 Å². The summed E-state index contributed by atoms with van der Waals surface area (Å²) in [6.45, 7) is 0. The maximum Gasteiger partial charge on any atom is 0.149 e. The number of aromatic nitrogens is 7. The normalized spacial score (nSPS) is 15.1. The highest BCUT2D eigenvalue weighted by Gasteiger charge is 2.20. The number of H-pyrrole nitrogens is 1. The van der Waals surface area contributed by atoms with E-state index in [1.807, 2.05) is 29.1 Å². The lowest BCUT2D eigenvalue weighted by Gasteiger charge is -2.25. The Morgan fingerprint density at radius 2 is 2.13 bits per heavy atom. The molecule has 4 aromatic rings. The number of hydrogen-bond acceptors (Lipinski definition) is 4. The first-order valence-electron chi connectivity index (χ1n) is 7.76. The van der Waals surface area contributed by atoms with E-state index in [0.29, 0.717) is 6.04 Å². The van der Waals surface area contributed by atoms with Gasteiger partial charge in [-0.1, -0.05) is 0 Å². The van der Waals surface area contributed by atoms with Crippen LogP contribution in [0.5, 0.6) is 0 Å². The Bertz CT molecular complexity index is 960. The van der Waals surface area contributed by atoms with E-state index in [1.165, 1.54) is 19.3 Å². The monoisotopic (exact) mass is 305 g/mol. The van der Waals surface area contributed by atoms with Gasteiger partial charge in [0.15, 0.2) is 0 Å². The molecule has 0 unspecified atom stereocenters. The van der Waals surface area contributed by atoms with Gasteiger partial charge >= 0.3 is 0 Å². The molecule has 1 aliphatic carbocycles. The van der Waals surface area contributed by atoms with Crippen molar-refractivity contribution < 1.29 is 0 Å². The molecule has 7 nitrogen and oxygen atoms in total. The molecule has 0 radical (unpaired) electrons. The number of nitrogens with zero attached hydrogens (tertiary/aromatic N) is 6. The van der Waals surface area contributed by atoms with Gasteiger partial charge in [-0.2, -0.15) is 10.2 Å². The van der Waals surface area contributed by atoms with Crippen LogP contribution < -0.4 is 0 Å². The van der Waals surface area contributed by atoms with Crippen LogP contribution in [0.15, 0.2) is 43.2 Å². The number of aromatic amines is 1. The zero-order valence-electron chi connectivity index (χ0n) is 12.4. The fraction of sp³-hybridized carbons (Fsp3) is 0.250. The molecule has 0 aromatic carbocycles. The van der Waals surface area contributed by atoms with Gasteiger partial charge in [-0.25, -0.2) is 9.97 Å². The Balaban J connectivity index is 1.65. The first-order valence-corrected chi connectivity index (χ1v) is 7.76. The molecule has 1 N–H and O–H groups in total. The smallest absolute Gasteiger partial charge is 0.149 e. The van der Waals surface area contributed by atoms with Gasteiger partial charge in [-0.15, -0.1) is 0 Å². The lowest BCUT2D eigenvalue weighted by molar-refractivity contribution is 0.289. The Morgan fingerprint density at radius 3 is 2.91 bits per heavy atom. The Morgan fingerprint density at radius 1 is 1.17 bits per heavy atom. The topological polar surface area (TPSA) is 76.7 Å². The van der Waals surface area contributed by atoms with Crippen LogP contribution in [0, 0.1) is 0 Å². The van der Waals surface area contributed by atoms with Crippen molar-refractivity contribution in [3.63, 3.8) is 0 Å². The zero-order chi connectivity index (χ0) is 15.2. The summed E-state index contributed by atoms with van der Waals surface area (Å²) in [4.78, 5) is 9.22. The number of nitrogens with one attached hydrogen (secondary N) is 1. The second kappa shape index (κ2) is 4.77. The van der Waals surface area contributed by atoms with Crippen molar-refractivity contribution in [3.8, 4) is 22.6 Å². The molecule has 0 bridgehead atoms. The SMILES string of the molecule is c1cn2c(-c3cn[nH]c3)nc(-c3cnn(C4CCC4)c3)cc2n1. The predicted molar refractivity (Wildman–Crippen MR) is 84.7 cm³/mol. The van der Waals surface area contributed by atoms with Crippen molar-refractivity contribution in [2.75, 3.05) is 0 Å². The highest BCUT2D eigenvalue weighted by atomic mass is 15.3. The summed E-state index contributed by atoms with van der Waals surface area (Å²) in [6.07, 6.45) is 15.0. The molecule has 1 saturated carbocycles. The van der Waals surface area contributed by atoms with E-state index in [2.05, 4.69) is 31.2 Å². The minimum absolute atomic E-state index is 0.548. The third kappa shape index (κ3) is 1.97. The van der Waals surface area contributed by atoms with E-state index < -0.39 is 0 Å². The number of hydrogen-bond donors (Lipinski definition) is 1. The third-order valence-electron chi connectivity index (χ3n) is 4.49. The summed E-state index contributed by atoms with van der Waals surface area (Å²) in [5, 5.41) is 11.4. The van der Waals surface area contributed by atoms with Gasteiger partial charge in [0.05, 0.1) is 29.7 Å².